The maximum absolute atomic E-state index is 11.7. The van der Waals surface area contributed by atoms with Crippen molar-refractivity contribution in [1.29, 1.82) is 0 Å². The third kappa shape index (κ3) is 11.1. The van der Waals surface area contributed by atoms with Crippen LogP contribution in [0.5, 0.6) is 0 Å². The van der Waals surface area contributed by atoms with Gasteiger partial charge >= 0.3 is 11.9 Å². The molecule has 1 N–H and O–H groups in total. The van der Waals surface area contributed by atoms with Crippen molar-refractivity contribution in [3.05, 3.63) is 0 Å². The predicted molar refractivity (Wildman–Crippen MR) is 70.2 cm³/mol. The van der Waals surface area contributed by atoms with Gasteiger partial charge in [0.05, 0.1) is 31.3 Å². The van der Waals surface area contributed by atoms with E-state index in [0.717, 1.165) is 0 Å². The summed E-state index contributed by atoms with van der Waals surface area (Å²) in [6.45, 7) is 0.193. The van der Waals surface area contributed by atoms with Crippen molar-refractivity contribution in [3.63, 3.8) is 0 Å². The number of hydrogen-bond donors (Lipinski definition) is 1. The zero-order valence-electron chi connectivity index (χ0n) is 11.9. The van der Waals surface area contributed by atoms with Crippen LogP contribution in [0.4, 0.5) is 0 Å². The number of esters is 2. The van der Waals surface area contributed by atoms with Gasteiger partial charge in [-0.15, -0.1) is 0 Å². The molecule has 0 spiro atoms. The molecule has 0 radical (unpaired) electrons. The topological polar surface area (TPSA) is 125 Å². The van der Waals surface area contributed by atoms with E-state index in [1.165, 1.54) is 14.2 Å². The second-order valence-corrected chi connectivity index (χ2v) is 5.52. The molecule has 124 valence electrons. The van der Waals surface area contributed by atoms with Gasteiger partial charge in [-0.05, 0) is 0 Å². The van der Waals surface area contributed by atoms with Crippen LogP contribution in [-0.2, 0) is 38.7 Å². The van der Waals surface area contributed by atoms with E-state index >= 15 is 0 Å². The van der Waals surface area contributed by atoms with Gasteiger partial charge in [0.1, 0.15) is 13.2 Å². The lowest BCUT2D eigenvalue weighted by Gasteiger charge is -2.14. The molecular formula is C11H20O9S. The van der Waals surface area contributed by atoms with Gasteiger partial charge in [-0.3, -0.25) is 14.1 Å². The third-order valence-corrected chi connectivity index (χ3v) is 3.06. The van der Waals surface area contributed by atoms with Gasteiger partial charge in [0.15, 0.2) is 0 Å². The summed E-state index contributed by atoms with van der Waals surface area (Å²) in [4.78, 5) is 23.1. The van der Waals surface area contributed by atoms with Crippen molar-refractivity contribution in [2.75, 3.05) is 46.4 Å². The standard InChI is InChI=1S/C11H20O9S/c1-17-3-5-19-10(12)7-9(8-21(14,15)16)11(13)20-6-4-18-2/h9H,3-8H2,1-2H3,(H,14,15,16). The van der Waals surface area contributed by atoms with Crippen molar-refractivity contribution in [2.24, 2.45) is 5.92 Å². The Morgan fingerprint density at radius 1 is 1.00 bits per heavy atom. The molecule has 0 saturated heterocycles. The lowest BCUT2D eigenvalue weighted by Crippen LogP contribution is -2.29. The first-order valence-corrected chi connectivity index (χ1v) is 7.66. The number of hydrogen-bond acceptors (Lipinski definition) is 8. The van der Waals surface area contributed by atoms with E-state index in [0.29, 0.717) is 0 Å². The molecule has 9 nitrogen and oxygen atoms in total. The van der Waals surface area contributed by atoms with E-state index < -0.39 is 40.1 Å². The summed E-state index contributed by atoms with van der Waals surface area (Å²) < 4.78 is 49.4. The number of methoxy groups -OCH3 is 2. The fourth-order valence-corrected chi connectivity index (χ4v) is 2.07. The molecule has 0 aliphatic carbocycles. The smallest absolute Gasteiger partial charge is 0.310 e. The fourth-order valence-electron chi connectivity index (χ4n) is 1.31. The SMILES string of the molecule is COCCOC(=O)CC(CS(=O)(=O)O)C(=O)OCCOC. The van der Waals surface area contributed by atoms with Gasteiger partial charge in [-0.2, -0.15) is 8.42 Å². The molecule has 0 aromatic heterocycles. The molecule has 0 heterocycles. The van der Waals surface area contributed by atoms with Crippen molar-refractivity contribution < 1.29 is 41.5 Å². The minimum atomic E-state index is -4.43. The van der Waals surface area contributed by atoms with Crippen LogP contribution in [0.2, 0.25) is 0 Å². The molecule has 10 heteroatoms. The second-order valence-electron chi connectivity index (χ2n) is 4.02. The van der Waals surface area contributed by atoms with Gasteiger partial charge in [0.2, 0.25) is 0 Å². The summed E-state index contributed by atoms with van der Waals surface area (Å²) in [6.07, 6.45) is -0.519. The number of rotatable bonds is 11. The molecule has 0 amide bonds. The highest BCUT2D eigenvalue weighted by molar-refractivity contribution is 7.85. The quantitative estimate of drug-likeness (QED) is 0.296. The fraction of sp³-hybridized carbons (Fsp3) is 0.818. The summed E-state index contributed by atoms with van der Waals surface area (Å²) in [5.74, 6) is -3.97. The van der Waals surface area contributed by atoms with Crippen molar-refractivity contribution in [2.45, 2.75) is 6.42 Å². The van der Waals surface area contributed by atoms with Crippen LogP contribution in [-0.4, -0.2) is 71.3 Å². The van der Waals surface area contributed by atoms with Gasteiger partial charge in [0, 0.05) is 14.2 Å². The van der Waals surface area contributed by atoms with Crippen LogP contribution in [0.25, 0.3) is 0 Å². The Morgan fingerprint density at radius 3 is 2.00 bits per heavy atom. The molecule has 0 aliphatic rings. The zero-order chi connectivity index (χ0) is 16.3. The third-order valence-electron chi connectivity index (χ3n) is 2.24. The summed E-state index contributed by atoms with van der Waals surface area (Å²) in [5.41, 5.74) is 0. The maximum atomic E-state index is 11.7. The number of carbonyl (C=O) groups is 2. The Bertz CT molecular complexity index is 417. The minimum absolute atomic E-state index is 0.0212. The summed E-state index contributed by atoms with van der Waals surface area (Å²) in [7, 11) is -1.62. The molecule has 0 rings (SSSR count). The van der Waals surface area contributed by atoms with Crippen molar-refractivity contribution in [3.8, 4) is 0 Å². The first-order chi connectivity index (χ1) is 9.80. The van der Waals surface area contributed by atoms with Crippen LogP contribution in [0.15, 0.2) is 0 Å². The minimum Gasteiger partial charge on any atom is -0.463 e. The predicted octanol–water partition coefficient (Wildman–Crippen LogP) is -0.740. The van der Waals surface area contributed by atoms with E-state index in [9.17, 15) is 18.0 Å². The number of carbonyl (C=O) groups excluding carboxylic acids is 2. The summed E-state index contributed by atoms with van der Waals surface area (Å²) in [6, 6.07) is 0. The van der Waals surface area contributed by atoms with E-state index in [1.54, 1.807) is 0 Å². The largest absolute Gasteiger partial charge is 0.463 e. The lowest BCUT2D eigenvalue weighted by molar-refractivity contribution is -0.155. The van der Waals surface area contributed by atoms with Gasteiger partial charge in [-0.25, -0.2) is 0 Å². The maximum Gasteiger partial charge on any atom is 0.310 e. The number of ether oxygens (including phenoxy) is 4. The molecule has 0 saturated carbocycles. The van der Waals surface area contributed by atoms with Gasteiger partial charge in [-0.1, -0.05) is 0 Å². The molecule has 0 aromatic rings. The Balaban J connectivity index is 4.51. The zero-order valence-corrected chi connectivity index (χ0v) is 12.8. The highest BCUT2D eigenvalue weighted by atomic mass is 32.2. The van der Waals surface area contributed by atoms with Crippen LogP contribution in [0.3, 0.4) is 0 Å². The van der Waals surface area contributed by atoms with Crippen LogP contribution in [0, 0.1) is 5.92 Å². The molecule has 0 bridgehead atoms. The van der Waals surface area contributed by atoms with E-state index in [4.69, 9.17) is 14.0 Å². The second kappa shape index (κ2) is 10.5. The van der Waals surface area contributed by atoms with Crippen LogP contribution >= 0.6 is 0 Å². The molecule has 0 aliphatic heterocycles. The first kappa shape index (κ1) is 19.8. The Hall–Kier alpha value is -1.23. The van der Waals surface area contributed by atoms with Crippen molar-refractivity contribution in [1.82, 2.24) is 0 Å². The normalized spacial score (nSPS) is 12.7. The Labute approximate surface area is 123 Å². The van der Waals surface area contributed by atoms with Crippen molar-refractivity contribution >= 4 is 22.1 Å². The lowest BCUT2D eigenvalue weighted by atomic mass is 10.1. The molecule has 0 fully saturated rings. The highest BCUT2D eigenvalue weighted by Gasteiger charge is 2.29. The van der Waals surface area contributed by atoms with E-state index in [-0.39, 0.29) is 26.4 Å². The average Bonchev–Trinajstić information content (AvgIpc) is 2.37. The van der Waals surface area contributed by atoms with Crippen LogP contribution in [0.1, 0.15) is 6.42 Å². The Morgan fingerprint density at radius 2 is 1.52 bits per heavy atom. The molecule has 1 unspecified atom stereocenters. The molecule has 21 heavy (non-hydrogen) atoms. The average molecular weight is 328 g/mol. The van der Waals surface area contributed by atoms with Gasteiger partial charge in [0.25, 0.3) is 10.1 Å². The van der Waals surface area contributed by atoms with Crippen LogP contribution < -0.4 is 0 Å². The Kier molecular flexibility index (Phi) is 9.88. The monoisotopic (exact) mass is 328 g/mol. The van der Waals surface area contributed by atoms with E-state index in [2.05, 4.69) is 9.47 Å². The molecular weight excluding hydrogens is 308 g/mol. The summed E-state index contributed by atoms with van der Waals surface area (Å²) in [5, 5.41) is 0. The molecule has 0 aromatic carbocycles. The first-order valence-electron chi connectivity index (χ1n) is 6.05. The summed E-state index contributed by atoms with van der Waals surface area (Å²) >= 11 is 0. The van der Waals surface area contributed by atoms with E-state index in [1.807, 2.05) is 0 Å². The highest BCUT2D eigenvalue weighted by Crippen LogP contribution is 2.10. The molecule has 1 atom stereocenters. The van der Waals surface area contributed by atoms with Gasteiger partial charge < -0.3 is 18.9 Å².